The highest BCUT2D eigenvalue weighted by molar-refractivity contribution is 5.21. The molecule has 1 aliphatic heterocycles. The van der Waals surface area contributed by atoms with E-state index in [-0.39, 0.29) is 12.1 Å². The van der Waals surface area contributed by atoms with Gasteiger partial charge in [0.2, 0.25) is 0 Å². The Morgan fingerprint density at radius 1 is 1.35 bits per heavy atom. The second-order valence-corrected chi connectivity index (χ2v) is 6.96. The molecule has 3 atom stereocenters. The molecular formula is C19H28N2O2. The fraction of sp³-hybridized carbons (Fsp3) is 0.632. The molecule has 1 N–H and O–H groups in total. The molecular weight excluding hydrogens is 288 g/mol. The van der Waals surface area contributed by atoms with Crippen LogP contribution in [-0.4, -0.2) is 24.0 Å². The van der Waals surface area contributed by atoms with Gasteiger partial charge >= 0.3 is 0 Å². The number of nitrogens with zero attached hydrogens (tertiary/aromatic N) is 1. The Kier molecular flexibility index (Phi) is 5.80. The van der Waals surface area contributed by atoms with Crippen molar-refractivity contribution in [3.05, 3.63) is 35.9 Å². The lowest BCUT2D eigenvalue weighted by Crippen LogP contribution is -2.56. The average molecular weight is 316 g/mol. The zero-order valence-corrected chi connectivity index (χ0v) is 14.6. The number of nitrogens with one attached hydrogen (secondary N) is 1. The van der Waals surface area contributed by atoms with E-state index in [1.165, 1.54) is 0 Å². The maximum absolute atomic E-state index is 9.61. The molecule has 0 saturated carbocycles. The molecule has 2 rings (SSSR count). The largest absolute Gasteiger partial charge is 0.349 e. The summed E-state index contributed by atoms with van der Waals surface area (Å²) in [5.74, 6) is -0.620. The van der Waals surface area contributed by atoms with Crippen molar-refractivity contribution in [3.63, 3.8) is 0 Å². The van der Waals surface area contributed by atoms with Gasteiger partial charge in [-0.3, -0.25) is 5.32 Å². The minimum atomic E-state index is -0.620. The third kappa shape index (κ3) is 4.78. The van der Waals surface area contributed by atoms with Crippen LogP contribution in [0, 0.1) is 11.3 Å². The number of unbranched alkanes of at least 4 members (excludes halogenated alkanes) is 1. The van der Waals surface area contributed by atoms with Crippen LogP contribution in [0.3, 0.4) is 0 Å². The van der Waals surface area contributed by atoms with Gasteiger partial charge in [-0.05, 0) is 32.8 Å². The van der Waals surface area contributed by atoms with Crippen LogP contribution in [0.15, 0.2) is 30.3 Å². The summed E-state index contributed by atoms with van der Waals surface area (Å²) in [5, 5.41) is 13.1. The Bertz CT molecular complexity index is 538. The van der Waals surface area contributed by atoms with Crippen molar-refractivity contribution in [1.82, 2.24) is 5.32 Å². The van der Waals surface area contributed by atoms with Crippen molar-refractivity contribution in [2.45, 2.75) is 70.4 Å². The highest BCUT2D eigenvalue weighted by Crippen LogP contribution is 2.34. The van der Waals surface area contributed by atoms with Crippen molar-refractivity contribution >= 4 is 0 Å². The molecule has 1 saturated heterocycles. The van der Waals surface area contributed by atoms with Gasteiger partial charge in [0.1, 0.15) is 11.6 Å². The van der Waals surface area contributed by atoms with E-state index in [4.69, 9.17) is 9.47 Å². The Morgan fingerprint density at radius 2 is 2.04 bits per heavy atom. The zero-order valence-electron chi connectivity index (χ0n) is 14.6. The minimum absolute atomic E-state index is 0.0491. The van der Waals surface area contributed by atoms with Gasteiger partial charge in [-0.15, -0.1) is 0 Å². The van der Waals surface area contributed by atoms with E-state index in [1.807, 2.05) is 39.0 Å². The predicted octanol–water partition coefficient (Wildman–Crippen LogP) is 3.94. The van der Waals surface area contributed by atoms with Crippen molar-refractivity contribution < 1.29 is 9.47 Å². The molecule has 1 aromatic rings. The second kappa shape index (κ2) is 7.44. The van der Waals surface area contributed by atoms with Gasteiger partial charge in [-0.25, -0.2) is 0 Å². The first-order chi connectivity index (χ1) is 10.9. The highest BCUT2D eigenvalue weighted by atomic mass is 16.7. The molecule has 1 fully saturated rings. The fourth-order valence-electron chi connectivity index (χ4n) is 2.96. The van der Waals surface area contributed by atoms with Gasteiger partial charge in [0.05, 0.1) is 18.7 Å². The normalized spacial score (nSPS) is 26.2. The monoisotopic (exact) mass is 316 g/mol. The summed E-state index contributed by atoms with van der Waals surface area (Å²) in [4.78, 5) is 0. The van der Waals surface area contributed by atoms with Crippen LogP contribution in [0.1, 0.15) is 58.6 Å². The summed E-state index contributed by atoms with van der Waals surface area (Å²) >= 11 is 0. The summed E-state index contributed by atoms with van der Waals surface area (Å²) in [7, 11) is 0. The lowest BCUT2D eigenvalue weighted by Gasteiger charge is -2.43. The molecule has 0 aromatic heterocycles. The summed E-state index contributed by atoms with van der Waals surface area (Å²) in [6.45, 7) is 8.49. The lowest BCUT2D eigenvalue weighted by atomic mass is 9.92. The molecule has 0 amide bonds. The molecule has 0 aliphatic carbocycles. The van der Waals surface area contributed by atoms with E-state index in [9.17, 15) is 5.26 Å². The average Bonchev–Trinajstić information content (AvgIpc) is 2.55. The first-order valence-corrected chi connectivity index (χ1v) is 8.45. The van der Waals surface area contributed by atoms with Crippen LogP contribution in [0.5, 0.6) is 0 Å². The first-order valence-electron chi connectivity index (χ1n) is 8.45. The Balaban J connectivity index is 2.19. The standard InChI is InChI=1S/C19H28N2O2/c1-5-6-12-19(4,14-20)21-16-13-22-18(2,3)23-17(16)15-10-8-7-9-11-15/h7-11,16-17,21H,5-6,12-13H2,1-4H3/t16-,17-,19+/m0/s1. The number of hydrogen-bond donors (Lipinski definition) is 1. The van der Waals surface area contributed by atoms with Crippen molar-refractivity contribution in [3.8, 4) is 6.07 Å². The smallest absolute Gasteiger partial charge is 0.163 e. The molecule has 4 nitrogen and oxygen atoms in total. The molecule has 1 aliphatic rings. The summed E-state index contributed by atoms with van der Waals surface area (Å²) in [6.07, 6.45) is 2.79. The van der Waals surface area contributed by atoms with E-state index < -0.39 is 11.3 Å². The topological polar surface area (TPSA) is 54.3 Å². The van der Waals surface area contributed by atoms with Crippen LogP contribution in [0.25, 0.3) is 0 Å². The zero-order chi connectivity index (χ0) is 16.9. The number of ether oxygens (including phenoxy) is 2. The van der Waals surface area contributed by atoms with Crippen LogP contribution in [0.2, 0.25) is 0 Å². The lowest BCUT2D eigenvalue weighted by molar-refractivity contribution is -0.286. The van der Waals surface area contributed by atoms with Crippen molar-refractivity contribution in [1.29, 1.82) is 5.26 Å². The Labute approximate surface area is 139 Å². The molecule has 0 bridgehead atoms. The Hall–Kier alpha value is -1.41. The quantitative estimate of drug-likeness (QED) is 0.863. The maximum Gasteiger partial charge on any atom is 0.163 e. The van der Waals surface area contributed by atoms with Crippen LogP contribution in [0.4, 0.5) is 0 Å². The van der Waals surface area contributed by atoms with E-state index in [0.717, 1.165) is 24.8 Å². The van der Waals surface area contributed by atoms with Gasteiger partial charge < -0.3 is 9.47 Å². The minimum Gasteiger partial charge on any atom is -0.349 e. The predicted molar refractivity (Wildman–Crippen MR) is 90.8 cm³/mol. The number of rotatable bonds is 6. The molecule has 1 aromatic carbocycles. The third-order valence-corrected chi connectivity index (χ3v) is 4.30. The molecule has 4 heteroatoms. The van der Waals surface area contributed by atoms with E-state index in [2.05, 4.69) is 30.4 Å². The third-order valence-electron chi connectivity index (χ3n) is 4.30. The molecule has 1 heterocycles. The molecule has 0 radical (unpaired) electrons. The molecule has 0 spiro atoms. The summed E-state index contributed by atoms with van der Waals surface area (Å²) in [6, 6.07) is 12.5. The van der Waals surface area contributed by atoms with Gasteiger partial charge in [0.15, 0.2) is 5.79 Å². The maximum atomic E-state index is 9.61. The Morgan fingerprint density at radius 3 is 2.65 bits per heavy atom. The van der Waals surface area contributed by atoms with Crippen LogP contribution in [-0.2, 0) is 9.47 Å². The second-order valence-electron chi connectivity index (χ2n) is 6.96. The van der Waals surface area contributed by atoms with Crippen LogP contribution < -0.4 is 5.32 Å². The van der Waals surface area contributed by atoms with E-state index >= 15 is 0 Å². The number of hydrogen-bond acceptors (Lipinski definition) is 4. The van der Waals surface area contributed by atoms with E-state index in [1.54, 1.807) is 0 Å². The van der Waals surface area contributed by atoms with Crippen molar-refractivity contribution in [2.24, 2.45) is 0 Å². The van der Waals surface area contributed by atoms with Crippen molar-refractivity contribution in [2.75, 3.05) is 6.61 Å². The number of nitriles is 1. The van der Waals surface area contributed by atoms with E-state index in [0.29, 0.717) is 6.61 Å². The molecule has 23 heavy (non-hydrogen) atoms. The molecule has 0 unspecified atom stereocenters. The highest BCUT2D eigenvalue weighted by Gasteiger charge is 2.40. The van der Waals surface area contributed by atoms with Crippen LogP contribution >= 0.6 is 0 Å². The van der Waals surface area contributed by atoms with Gasteiger partial charge in [0, 0.05) is 0 Å². The van der Waals surface area contributed by atoms with Gasteiger partial charge in [-0.2, -0.15) is 5.26 Å². The SMILES string of the molecule is CCCC[C@](C)(C#N)N[C@H]1COC(C)(C)O[C@H]1c1ccccc1. The summed E-state index contributed by atoms with van der Waals surface area (Å²) in [5.41, 5.74) is 0.541. The first kappa shape index (κ1) is 17.9. The van der Waals surface area contributed by atoms with Gasteiger partial charge in [0.25, 0.3) is 0 Å². The summed E-state index contributed by atoms with van der Waals surface area (Å²) < 4.78 is 12.0. The fourth-order valence-corrected chi connectivity index (χ4v) is 2.96. The molecule has 126 valence electrons. The number of benzene rings is 1. The van der Waals surface area contributed by atoms with Gasteiger partial charge in [-0.1, -0.05) is 50.1 Å².